The second-order valence-corrected chi connectivity index (χ2v) is 6.83. The van der Waals surface area contributed by atoms with Crippen molar-refractivity contribution in [3.63, 3.8) is 0 Å². The normalized spacial score (nSPS) is 11.2. The molecule has 0 saturated carbocycles. The van der Waals surface area contributed by atoms with Gasteiger partial charge in [-0.05, 0) is 43.7 Å². The van der Waals surface area contributed by atoms with Crippen LogP contribution in [-0.2, 0) is 20.1 Å². The topological polar surface area (TPSA) is 50.4 Å². The van der Waals surface area contributed by atoms with E-state index in [1.165, 1.54) is 11.3 Å². The molecule has 0 spiro atoms. The summed E-state index contributed by atoms with van der Waals surface area (Å²) in [7, 11) is 5.93. The molecule has 28 heavy (non-hydrogen) atoms. The molecule has 0 radical (unpaired) electrons. The van der Waals surface area contributed by atoms with E-state index in [-0.39, 0.29) is 24.0 Å². The molecule has 3 aromatic rings. The molecule has 0 atom stereocenters. The maximum absolute atomic E-state index is 4.63. The molecule has 0 unspecified atom stereocenters. The van der Waals surface area contributed by atoms with Crippen LogP contribution < -0.4 is 5.32 Å². The van der Waals surface area contributed by atoms with Crippen molar-refractivity contribution in [2.45, 2.75) is 26.9 Å². The number of nitrogens with zero attached hydrogens (tertiary/aromatic N) is 5. The number of hydrogen-bond acceptors (Lipinski definition) is 2. The Hall–Kier alpha value is -2.29. The lowest BCUT2D eigenvalue weighted by Crippen LogP contribution is -2.38. The monoisotopic (exact) mass is 492 g/mol. The summed E-state index contributed by atoms with van der Waals surface area (Å²) in [5.74, 6) is 0.861. The first kappa shape index (κ1) is 22.0. The number of guanidine groups is 1. The molecule has 1 N–H and O–H groups in total. The summed E-state index contributed by atoms with van der Waals surface area (Å²) < 4.78 is 4.13. The molecule has 1 aromatic carbocycles. The highest BCUT2D eigenvalue weighted by Crippen LogP contribution is 2.17. The van der Waals surface area contributed by atoms with Crippen molar-refractivity contribution in [2.24, 2.45) is 12.0 Å². The van der Waals surface area contributed by atoms with Crippen molar-refractivity contribution in [3.8, 4) is 5.69 Å². The van der Waals surface area contributed by atoms with Gasteiger partial charge in [-0.15, -0.1) is 24.0 Å². The van der Waals surface area contributed by atoms with Crippen molar-refractivity contribution >= 4 is 29.9 Å². The van der Waals surface area contributed by atoms with Crippen molar-refractivity contribution in [2.75, 3.05) is 14.1 Å². The number of aliphatic imine (C=N–C) groups is 1. The molecule has 0 amide bonds. The molecule has 2 heterocycles. The average Bonchev–Trinajstić information content (AvgIpc) is 3.20. The Morgan fingerprint density at radius 2 is 1.93 bits per heavy atom. The second kappa shape index (κ2) is 9.77. The Morgan fingerprint density at radius 1 is 1.18 bits per heavy atom. The zero-order valence-corrected chi connectivity index (χ0v) is 19.5. The Balaban J connectivity index is 0.00000280. The van der Waals surface area contributed by atoms with E-state index in [0.29, 0.717) is 6.54 Å². The summed E-state index contributed by atoms with van der Waals surface area (Å²) in [4.78, 5) is 6.56. The standard InChI is InChI=1S/C21H28N6.HI/c1-16-13-17(2)27(24-16)20-11-7-6-9-18(20)14-23-21(22-3)26(5)15-19-10-8-12-25(19)4;/h6-13H,14-15H2,1-5H3,(H,22,23);1H. The minimum atomic E-state index is 0. The van der Waals surface area contributed by atoms with E-state index in [2.05, 4.69) is 88.5 Å². The summed E-state index contributed by atoms with van der Waals surface area (Å²) in [6, 6.07) is 14.6. The van der Waals surface area contributed by atoms with Gasteiger partial charge in [-0.1, -0.05) is 18.2 Å². The number of para-hydroxylation sites is 1. The van der Waals surface area contributed by atoms with Gasteiger partial charge in [0.1, 0.15) is 0 Å². The lowest BCUT2D eigenvalue weighted by Gasteiger charge is -2.23. The molecule has 0 aliphatic carbocycles. The third-order valence-corrected chi connectivity index (χ3v) is 4.69. The van der Waals surface area contributed by atoms with Gasteiger partial charge in [0.25, 0.3) is 0 Å². The molecular weight excluding hydrogens is 463 g/mol. The van der Waals surface area contributed by atoms with Crippen molar-refractivity contribution in [1.82, 2.24) is 24.6 Å². The van der Waals surface area contributed by atoms with Gasteiger partial charge in [-0.3, -0.25) is 4.99 Å². The van der Waals surface area contributed by atoms with Gasteiger partial charge in [0.05, 0.1) is 17.9 Å². The number of benzene rings is 1. The number of aromatic nitrogens is 3. The van der Waals surface area contributed by atoms with Gasteiger partial charge in [0.15, 0.2) is 5.96 Å². The van der Waals surface area contributed by atoms with Gasteiger partial charge in [0.2, 0.25) is 0 Å². The van der Waals surface area contributed by atoms with Gasteiger partial charge in [0, 0.05) is 45.3 Å². The van der Waals surface area contributed by atoms with Crippen molar-refractivity contribution < 1.29 is 0 Å². The second-order valence-electron chi connectivity index (χ2n) is 6.83. The summed E-state index contributed by atoms with van der Waals surface area (Å²) in [5, 5.41) is 8.11. The predicted octanol–water partition coefficient (Wildman–Crippen LogP) is 3.65. The third-order valence-electron chi connectivity index (χ3n) is 4.69. The maximum Gasteiger partial charge on any atom is 0.194 e. The number of aryl methyl sites for hydroxylation is 3. The molecule has 0 aliphatic heterocycles. The minimum Gasteiger partial charge on any atom is -0.353 e. The highest BCUT2D eigenvalue weighted by molar-refractivity contribution is 14.0. The van der Waals surface area contributed by atoms with Crippen LogP contribution in [0.5, 0.6) is 0 Å². The number of rotatable bonds is 5. The first-order valence-electron chi connectivity index (χ1n) is 9.13. The predicted molar refractivity (Wildman–Crippen MR) is 126 cm³/mol. The molecule has 0 fully saturated rings. The van der Waals surface area contributed by atoms with E-state index in [0.717, 1.165) is 29.6 Å². The zero-order valence-electron chi connectivity index (χ0n) is 17.2. The van der Waals surface area contributed by atoms with E-state index in [9.17, 15) is 0 Å². The smallest absolute Gasteiger partial charge is 0.194 e. The molecule has 6 nitrogen and oxygen atoms in total. The van der Waals surface area contributed by atoms with Crippen LogP contribution in [0.3, 0.4) is 0 Å². The first-order chi connectivity index (χ1) is 13.0. The minimum absolute atomic E-state index is 0. The summed E-state index contributed by atoms with van der Waals surface area (Å²) in [5.41, 5.74) is 5.66. The first-order valence-corrected chi connectivity index (χ1v) is 9.13. The van der Waals surface area contributed by atoms with E-state index in [4.69, 9.17) is 0 Å². The molecule has 0 aliphatic rings. The summed E-state index contributed by atoms with van der Waals surface area (Å²) in [6.07, 6.45) is 2.06. The third kappa shape index (κ3) is 4.95. The van der Waals surface area contributed by atoms with Crippen LogP contribution in [0.1, 0.15) is 22.6 Å². The van der Waals surface area contributed by atoms with Crippen LogP contribution in [0.2, 0.25) is 0 Å². The van der Waals surface area contributed by atoms with Crippen LogP contribution in [0.4, 0.5) is 0 Å². The van der Waals surface area contributed by atoms with Gasteiger partial charge in [-0.2, -0.15) is 5.10 Å². The van der Waals surface area contributed by atoms with Gasteiger partial charge in [-0.25, -0.2) is 4.68 Å². The Morgan fingerprint density at radius 3 is 2.54 bits per heavy atom. The highest BCUT2D eigenvalue weighted by atomic mass is 127. The molecule has 150 valence electrons. The van der Waals surface area contributed by atoms with E-state index < -0.39 is 0 Å². The fraction of sp³-hybridized carbons (Fsp3) is 0.333. The van der Waals surface area contributed by atoms with E-state index in [1.54, 1.807) is 0 Å². The molecule has 0 bridgehead atoms. The maximum atomic E-state index is 4.63. The van der Waals surface area contributed by atoms with Gasteiger partial charge < -0.3 is 14.8 Å². The molecule has 7 heteroatoms. The molecule has 0 saturated heterocycles. The van der Waals surface area contributed by atoms with Crippen LogP contribution in [-0.4, -0.2) is 39.3 Å². The fourth-order valence-electron chi connectivity index (χ4n) is 3.28. The number of hydrogen-bond donors (Lipinski definition) is 1. The van der Waals surface area contributed by atoms with Crippen LogP contribution in [0, 0.1) is 13.8 Å². The Bertz CT molecular complexity index is 940. The molecule has 3 rings (SSSR count). The average molecular weight is 492 g/mol. The highest BCUT2D eigenvalue weighted by Gasteiger charge is 2.11. The lowest BCUT2D eigenvalue weighted by molar-refractivity contribution is 0.461. The quantitative estimate of drug-likeness (QED) is 0.336. The van der Waals surface area contributed by atoms with E-state index in [1.807, 2.05) is 24.7 Å². The summed E-state index contributed by atoms with van der Waals surface area (Å²) in [6.45, 7) is 5.57. The fourth-order valence-corrected chi connectivity index (χ4v) is 3.28. The summed E-state index contributed by atoms with van der Waals surface area (Å²) >= 11 is 0. The van der Waals surface area contributed by atoms with Crippen LogP contribution in [0.15, 0.2) is 53.7 Å². The Kier molecular flexibility index (Phi) is 7.68. The van der Waals surface area contributed by atoms with Crippen molar-refractivity contribution in [3.05, 3.63) is 71.3 Å². The largest absolute Gasteiger partial charge is 0.353 e. The van der Waals surface area contributed by atoms with Crippen LogP contribution >= 0.6 is 24.0 Å². The van der Waals surface area contributed by atoms with Crippen LogP contribution in [0.25, 0.3) is 5.69 Å². The molecule has 2 aromatic heterocycles. The van der Waals surface area contributed by atoms with E-state index >= 15 is 0 Å². The zero-order chi connectivity index (χ0) is 19.4. The SMILES string of the molecule is CN=C(NCc1ccccc1-n1nc(C)cc1C)N(C)Cc1cccn1C.I. The lowest BCUT2D eigenvalue weighted by atomic mass is 10.1. The number of nitrogens with one attached hydrogen (secondary N) is 1. The van der Waals surface area contributed by atoms with Gasteiger partial charge >= 0.3 is 0 Å². The number of halogens is 1. The Labute approximate surface area is 184 Å². The molecular formula is C21H29IN6. The van der Waals surface area contributed by atoms with Crippen molar-refractivity contribution in [1.29, 1.82) is 0 Å².